The number of hydrogen-bond donors (Lipinski definition) is 3. The molecule has 0 aliphatic carbocycles. The van der Waals surface area contributed by atoms with Crippen LogP contribution in [-0.4, -0.2) is 26.8 Å². The first-order chi connectivity index (χ1) is 20.6. The summed E-state index contributed by atoms with van der Waals surface area (Å²) in [4.78, 5) is 17.0. The summed E-state index contributed by atoms with van der Waals surface area (Å²) in [5.41, 5.74) is 6.44. The molecule has 4 atom stereocenters. The topological polar surface area (TPSA) is 97.6 Å². The normalized spacial score (nSPS) is 20.3. The Morgan fingerprint density at radius 2 is 1.57 bits per heavy atom. The Morgan fingerprint density at radius 3 is 2.33 bits per heavy atom. The van der Waals surface area contributed by atoms with E-state index >= 15 is 0 Å². The van der Waals surface area contributed by atoms with Gasteiger partial charge in [0.1, 0.15) is 0 Å². The summed E-state index contributed by atoms with van der Waals surface area (Å²) >= 11 is 0. The van der Waals surface area contributed by atoms with Gasteiger partial charge in [-0.3, -0.25) is 0 Å². The molecular weight excluding hydrogens is 528 g/mol. The van der Waals surface area contributed by atoms with Gasteiger partial charge < -0.3 is 29.8 Å². The van der Waals surface area contributed by atoms with Crippen molar-refractivity contribution in [3.63, 3.8) is 0 Å². The maximum Gasteiger partial charge on any atom is 0.319 e. The van der Waals surface area contributed by atoms with E-state index in [9.17, 15) is 9.90 Å². The zero-order valence-corrected chi connectivity index (χ0v) is 23.4. The minimum atomic E-state index is -0.607. The molecule has 1 fully saturated rings. The van der Waals surface area contributed by atoms with Crippen LogP contribution in [0.2, 0.25) is 0 Å². The lowest BCUT2D eigenvalue weighted by Gasteiger charge is -2.41. The van der Waals surface area contributed by atoms with Gasteiger partial charge in [-0.15, -0.1) is 0 Å². The number of hydrogen-bond acceptors (Lipinski definition) is 5. The Hall–Kier alpha value is -4.50. The van der Waals surface area contributed by atoms with E-state index in [-0.39, 0.29) is 30.8 Å². The highest BCUT2D eigenvalue weighted by atomic mass is 16.7. The second-order valence-corrected chi connectivity index (χ2v) is 10.6. The first kappa shape index (κ1) is 27.7. The Bertz CT molecular complexity index is 1620. The van der Waals surface area contributed by atoms with Gasteiger partial charge in [-0.05, 0) is 41.0 Å². The number of rotatable bonds is 8. The molecule has 8 heteroatoms. The van der Waals surface area contributed by atoms with Crippen LogP contribution in [0.25, 0.3) is 11.0 Å². The number of aromatic nitrogens is 2. The van der Waals surface area contributed by atoms with Crippen LogP contribution < -0.4 is 10.6 Å². The third-order valence-electron chi connectivity index (χ3n) is 7.76. The average Bonchev–Trinajstić information content (AvgIpc) is 3.44. The van der Waals surface area contributed by atoms with Crippen molar-refractivity contribution in [1.29, 1.82) is 0 Å². The van der Waals surface area contributed by atoms with Gasteiger partial charge in [0, 0.05) is 23.7 Å². The minimum absolute atomic E-state index is 0.00587. The number of nitrogens with zero attached hydrogens (tertiary/aromatic N) is 2. The van der Waals surface area contributed by atoms with E-state index in [1.165, 1.54) is 0 Å². The van der Waals surface area contributed by atoms with Crippen molar-refractivity contribution in [2.24, 2.45) is 5.92 Å². The molecule has 0 radical (unpaired) electrons. The molecule has 1 aliphatic heterocycles. The quantitative estimate of drug-likeness (QED) is 0.205. The van der Waals surface area contributed by atoms with Gasteiger partial charge in [-0.25, -0.2) is 9.78 Å². The molecule has 1 aromatic heterocycles. The number of urea groups is 1. The Morgan fingerprint density at radius 1 is 0.857 bits per heavy atom. The highest BCUT2D eigenvalue weighted by molar-refractivity contribution is 5.89. The number of fused-ring (bicyclic) bond motifs is 1. The third kappa shape index (κ3) is 6.21. The number of ether oxygens (including phenoxy) is 2. The highest BCUT2D eigenvalue weighted by Crippen LogP contribution is 2.42. The van der Waals surface area contributed by atoms with Crippen molar-refractivity contribution in [3.05, 3.63) is 132 Å². The van der Waals surface area contributed by atoms with Crippen LogP contribution in [0.15, 0.2) is 109 Å². The Kier molecular flexibility index (Phi) is 8.28. The van der Waals surface area contributed by atoms with E-state index in [4.69, 9.17) is 9.47 Å². The van der Waals surface area contributed by atoms with E-state index in [1.807, 2.05) is 103 Å². The molecule has 5 aromatic rings. The molecule has 8 nitrogen and oxygen atoms in total. The zero-order valence-electron chi connectivity index (χ0n) is 23.4. The van der Waals surface area contributed by atoms with Crippen molar-refractivity contribution in [3.8, 4) is 0 Å². The number of aliphatic hydroxyl groups excluding tert-OH is 1. The summed E-state index contributed by atoms with van der Waals surface area (Å²) in [6, 6.07) is 33.0. The lowest BCUT2D eigenvalue weighted by Crippen LogP contribution is -2.39. The van der Waals surface area contributed by atoms with Crippen LogP contribution in [-0.2, 0) is 29.2 Å². The summed E-state index contributed by atoms with van der Waals surface area (Å²) in [5, 5.41) is 15.3. The van der Waals surface area contributed by atoms with Gasteiger partial charge in [0.05, 0.1) is 42.7 Å². The van der Waals surface area contributed by atoms with E-state index in [0.29, 0.717) is 18.8 Å². The van der Waals surface area contributed by atoms with E-state index in [2.05, 4.69) is 33.2 Å². The molecule has 0 bridgehead atoms. The standard InChI is InChI=1S/C34H34N4O4/c1-23-31(20-38-22-36-29-9-5-6-10-30(29)38)41-33(42-32(23)26-13-11-25(21-39)12-14-26)27-15-17-28(18-16-27)37-34(40)35-19-24-7-3-2-4-8-24/h2-18,22-23,31-33,39H,19-21H2,1H3,(H2,35,37,40)/t23-,31+,32+,33+/m1/s1. The number of carbonyl (C=O) groups excluding carboxylic acids is 1. The predicted octanol–water partition coefficient (Wildman–Crippen LogP) is 6.34. The molecule has 214 valence electrons. The number of para-hydroxylation sites is 2. The fourth-order valence-corrected chi connectivity index (χ4v) is 5.35. The lowest BCUT2D eigenvalue weighted by molar-refractivity contribution is -0.276. The summed E-state index contributed by atoms with van der Waals surface area (Å²) in [6.07, 6.45) is 0.868. The monoisotopic (exact) mass is 562 g/mol. The maximum absolute atomic E-state index is 12.4. The number of amides is 2. The average molecular weight is 563 g/mol. The highest BCUT2D eigenvalue weighted by Gasteiger charge is 2.38. The third-order valence-corrected chi connectivity index (χ3v) is 7.76. The molecule has 1 aliphatic rings. The summed E-state index contributed by atoms with van der Waals surface area (Å²) in [7, 11) is 0. The molecule has 0 unspecified atom stereocenters. The van der Waals surface area contributed by atoms with Gasteiger partial charge in [0.15, 0.2) is 6.29 Å². The first-order valence-electron chi connectivity index (χ1n) is 14.2. The van der Waals surface area contributed by atoms with E-state index in [0.717, 1.165) is 33.3 Å². The van der Waals surface area contributed by atoms with Gasteiger partial charge in [0.25, 0.3) is 0 Å². The van der Waals surface area contributed by atoms with Gasteiger partial charge in [-0.2, -0.15) is 0 Å². The lowest BCUT2D eigenvalue weighted by atomic mass is 9.90. The number of anilines is 1. The molecule has 3 N–H and O–H groups in total. The van der Waals surface area contributed by atoms with Gasteiger partial charge in [-0.1, -0.05) is 85.8 Å². The van der Waals surface area contributed by atoms with Crippen LogP contribution in [0.1, 0.15) is 41.6 Å². The molecule has 4 aromatic carbocycles. The van der Waals surface area contributed by atoms with Crippen LogP contribution in [0.3, 0.4) is 0 Å². The van der Waals surface area contributed by atoms with Crippen molar-refractivity contribution in [2.45, 2.75) is 45.1 Å². The fraction of sp³-hybridized carbons (Fsp3) is 0.235. The first-order valence-corrected chi connectivity index (χ1v) is 14.2. The van der Waals surface area contributed by atoms with Gasteiger partial charge in [0.2, 0.25) is 0 Å². The minimum Gasteiger partial charge on any atom is -0.392 e. The predicted molar refractivity (Wildman–Crippen MR) is 161 cm³/mol. The molecule has 42 heavy (non-hydrogen) atoms. The van der Waals surface area contributed by atoms with Gasteiger partial charge >= 0.3 is 6.03 Å². The molecule has 1 saturated heterocycles. The van der Waals surface area contributed by atoms with Crippen molar-refractivity contribution in [1.82, 2.24) is 14.9 Å². The summed E-state index contributed by atoms with van der Waals surface area (Å²) in [5.74, 6) is 0.0386. The molecule has 0 spiro atoms. The molecule has 2 amide bonds. The van der Waals surface area contributed by atoms with E-state index in [1.54, 1.807) is 0 Å². The van der Waals surface area contributed by atoms with Crippen LogP contribution in [0.4, 0.5) is 10.5 Å². The summed E-state index contributed by atoms with van der Waals surface area (Å²) in [6.45, 7) is 3.20. The van der Waals surface area contributed by atoms with Crippen LogP contribution in [0, 0.1) is 5.92 Å². The number of nitrogens with one attached hydrogen (secondary N) is 2. The Labute approximate surface area is 244 Å². The van der Waals surface area contributed by atoms with Crippen molar-refractivity contribution >= 4 is 22.8 Å². The summed E-state index contributed by atoms with van der Waals surface area (Å²) < 4.78 is 15.3. The fourth-order valence-electron chi connectivity index (χ4n) is 5.35. The van der Waals surface area contributed by atoms with Crippen molar-refractivity contribution in [2.75, 3.05) is 5.32 Å². The molecule has 2 heterocycles. The van der Waals surface area contributed by atoms with Crippen LogP contribution in [0.5, 0.6) is 0 Å². The second kappa shape index (κ2) is 12.6. The maximum atomic E-state index is 12.4. The van der Waals surface area contributed by atoms with Crippen molar-refractivity contribution < 1.29 is 19.4 Å². The number of benzene rings is 4. The molecule has 0 saturated carbocycles. The zero-order chi connectivity index (χ0) is 28.9. The largest absolute Gasteiger partial charge is 0.392 e. The van der Waals surface area contributed by atoms with Crippen LogP contribution >= 0.6 is 0 Å². The number of aliphatic hydroxyl groups is 1. The molecular formula is C34H34N4O4. The second-order valence-electron chi connectivity index (χ2n) is 10.6. The Balaban J connectivity index is 1.19. The number of imidazole rings is 1. The van der Waals surface area contributed by atoms with E-state index < -0.39 is 6.29 Å². The molecule has 6 rings (SSSR count). The number of carbonyl (C=O) groups is 1. The smallest absolute Gasteiger partial charge is 0.319 e. The SMILES string of the molecule is C[C@@H]1[C@H](Cn2cnc3ccccc32)O[C@H](c2ccc(NC(=O)NCc3ccccc3)cc2)O[C@@H]1c1ccc(CO)cc1.